The predicted octanol–water partition coefficient (Wildman–Crippen LogP) is 1.07. The summed E-state index contributed by atoms with van der Waals surface area (Å²) in [5, 5.41) is 0. The molecule has 1 aromatic rings. The molecule has 1 aliphatic heterocycles. The van der Waals surface area contributed by atoms with E-state index in [2.05, 4.69) is 21.8 Å². The van der Waals surface area contributed by atoms with Gasteiger partial charge in [-0.3, -0.25) is 0 Å². The molecule has 2 N–H and O–H groups in total. The molecule has 1 unspecified atom stereocenters. The molecule has 5 heteroatoms. The van der Waals surface area contributed by atoms with Crippen LogP contribution in [0, 0.1) is 11.7 Å². The second kappa shape index (κ2) is 5.63. The van der Waals surface area contributed by atoms with Gasteiger partial charge in [0.15, 0.2) is 0 Å². The molecule has 1 fully saturated rings. The van der Waals surface area contributed by atoms with Crippen molar-refractivity contribution in [2.45, 2.75) is 13.0 Å². The van der Waals surface area contributed by atoms with E-state index in [1.807, 2.05) is 7.05 Å². The molecule has 0 bridgehead atoms. The van der Waals surface area contributed by atoms with Gasteiger partial charge in [-0.2, -0.15) is 0 Å². The lowest BCUT2D eigenvalue weighted by Gasteiger charge is -2.24. The average molecular weight is 252 g/mol. The molecule has 2 rings (SSSR count). The Bertz CT molecular complexity index is 410. The molecule has 0 saturated carbocycles. The number of aromatic nitrogens is 1. The number of rotatable bonds is 4. The van der Waals surface area contributed by atoms with Gasteiger partial charge in [-0.05, 0) is 32.0 Å². The Morgan fingerprint density at radius 3 is 3.00 bits per heavy atom. The third-order valence-electron chi connectivity index (χ3n) is 3.51. The van der Waals surface area contributed by atoms with E-state index >= 15 is 0 Å². The number of nitrogens with zero attached hydrogens (tertiary/aromatic N) is 3. The van der Waals surface area contributed by atoms with Crippen molar-refractivity contribution in [3.8, 4) is 0 Å². The molecule has 1 atom stereocenters. The zero-order valence-corrected chi connectivity index (χ0v) is 11.1. The van der Waals surface area contributed by atoms with Crippen LogP contribution in [0.15, 0.2) is 12.3 Å². The SMILES string of the molecule is CN1CCC(CN(C)c2ncc(F)cc2CN)C1. The van der Waals surface area contributed by atoms with Crippen molar-refractivity contribution in [1.82, 2.24) is 9.88 Å². The fourth-order valence-electron chi connectivity index (χ4n) is 2.62. The van der Waals surface area contributed by atoms with Crippen LogP contribution in [0.1, 0.15) is 12.0 Å². The van der Waals surface area contributed by atoms with Crippen molar-refractivity contribution in [2.75, 3.05) is 38.6 Å². The van der Waals surface area contributed by atoms with E-state index in [1.165, 1.54) is 18.7 Å². The van der Waals surface area contributed by atoms with Crippen molar-refractivity contribution < 1.29 is 4.39 Å². The van der Waals surface area contributed by atoms with Crippen LogP contribution < -0.4 is 10.6 Å². The molecular weight excluding hydrogens is 231 g/mol. The first-order chi connectivity index (χ1) is 8.60. The molecule has 100 valence electrons. The third-order valence-corrected chi connectivity index (χ3v) is 3.51. The van der Waals surface area contributed by atoms with Gasteiger partial charge in [0.25, 0.3) is 0 Å². The Morgan fingerprint density at radius 1 is 1.61 bits per heavy atom. The maximum absolute atomic E-state index is 13.1. The summed E-state index contributed by atoms with van der Waals surface area (Å²) in [6.45, 7) is 3.52. The lowest BCUT2D eigenvalue weighted by Crippen LogP contribution is -2.29. The highest BCUT2D eigenvalue weighted by atomic mass is 19.1. The predicted molar refractivity (Wildman–Crippen MR) is 71.0 cm³/mol. The number of anilines is 1. The maximum Gasteiger partial charge on any atom is 0.141 e. The van der Waals surface area contributed by atoms with Crippen LogP contribution in [0.3, 0.4) is 0 Å². The molecule has 1 aliphatic rings. The number of halogens is 1. The highest BCUT2D eigenvalue weighted by Crippen LogP contribution is 2.21. The van der Waals surface area contributed by atoms with Crippen LogP contribution in [0.4, 0.5) is 10.2 Å². The van der Waals surface area contributed by atoms with Gasteiger partial charge < -0.3 is 15.5 Å². The van der Waals surface area contributed by atoms with E-state index in [4.69, 9.17) is 5.73 Å². The second-order valence-corrected chi connectivity index (χ2v) is 5.14. The standard InChI is InChI=1S/C13H21FN4/c1-17-4-3-10(8-17)9-18(2)13-11(6-15)5-12(14)7-16-13/h5,7,10H,3-4,6,8-9,15H2,1-2H3. The van der Waals surface area contributed by atoms with Crippen LogP contribution in [0.25, 0.3) is 0 Å². The minimum atomic E-state index is -0.326. The van der Waals surface area contributed by atoms with E-state index in [0.717, 1.165) is 31.0 Å². The minimum absolute atomic E-state index is 0.314. The Morgan fingerprint density at radius 2 is 2.39 bits per heavy atom. The molecule has 0 amide bonds. The first-order valence-electron chi connectivity index (χ1n) is 6.34. The molecule has 4 nitrogen and oxygen atoms in total. The summed E-state index contributed by atoms with van der Waals surface area (Å²) in [6, 6.07) is 1.47. The molecular formula is C13H21FN4. The quantitative estimate of drug-likeness (QED) is 0.870. The third kappa shape index (κ3) is 2.97. The smallest absolute Gasteiger partial charge is 0.141 e. The number of nitrogens with two attached hydrogens (primary N) is 1. The highest BCUT2D eigenvalue weighted by molar-refractivity contribution is 5.46. The monoisotopic (exact) mass is 252 g/mol. The normalized spacial score (nSPS) is 20.3. The van der Waals surface area contributed by atoms with E-state index in [0.29, 0.717) is 12.5 Å². The van der Waals surface area contributed by atoms with Crippen LogP contribution in [-0.2, 0) is 6.54 Å². The number of hydrogen-bond donors (Lipinski definition) is 1. The number of pyridine rings is 1. The summed E-state index contributed by atoms with van der Waals surface area (Å²) in [5.41, 5.74) is 6.41. The van der Waals surface area contributed by atoms with E-state index in [9.17, 15) is 4.39 Å². The summed E-state index contributed by atoms with van der Waals surface area (Å²) in [4.78, 5) is 8.59. The zero-order valence-electron chi connectivity index (χ0n) is 11.1. The summed E-state index contributed by atoms with van der Waals surface area (Å²) in [7, 11) is 4.14. The van der Waals surface area contributed by atoms with Gasteiger partial charge in [0, 0.05) is 32.2 Å². The summed E-state index contributed by atoms with van der Waals surface area (Å²) in [5.74, 6) is 1.12. The van der Waals surface area contributed by atoms with Gasteiger partial charge in [0.05, 0.1) is 6.20 Å². The Balaban J connectivity index is 2.06. The Kier molecular flexibility index (Phi) is 4.14. The highest BCUT2D eigenvalue weighted by Gasteiger charge is 2.22. The van der Waals surface area contributed by atoms with Crippen molar-refractivity contribution in [2.24, 2.45) is 11.7 Å². The molecule has 0 radical (unpaired) electrons. The summed E-state index contributed by atoms with van der Waals surface area (Å²) >= 11 is 0. The van der Waals surface area contributed by atoms with E-state index in [-0.39, 0.29) is 5.82 Å². The summed E-state index contributed by atoms with van der Waals surface area (Å²) in [6.07, 6.45) is 2.46. The van der Waals surface area contributed by atoms with Gasteiger partial charge in [-0.1, -0.05) is 0 Å². The molecule has 18 heavy (non-hydrogen) atoms. The molecule has 1 aromatic heterocycles. The Labute approximate surface area is 108 Å². The average Bonchev–Trinajstić information content (AvgIpc) is 2.74. The number of hydrogen-bond acceptors (Lipinski definition) is 4. The lowest BCUT2D eigenvalue weighted by molar-refractivity contribution is 0.395. The van der Waals surface area contributed by atoms with Gasteiger partial charge in [-0.25, -0.2) is 9.37 Å². The maximum atomic E-state index is 13.1. The van der Waals surface area contributed by atoms with Gasteiger partial charge in [-0.15, -0.1) is 0 Å². The van der Waals surface area contributed by atoms with E-state index in [1.54, 1.807) is 0 Å². The molecule has 2 heterocycles. The van der Waals surface area contributed by atoms with Crippen LogP contribution in [-0.4, -0.2) is 43.6 Å². The Hall–Kier alpha value is -1.20. The largest absolute Gasteiger partial charge is 0.359 e. The van der Waals surface area contributed by atoms with E-state index < -0.39 is 0 Å². The van der Waals surface area contributed by atoms with Gasteiger partial charge >= 0.3 is 0 Å². The van der Waals surface area contributed by atoms with Crippen molar-refractivity contribution >= 4 is 5.82 Å². The second-order valence-electron chi connectivity index (χ2n) is 5.14. The van der Waals surface area contributed by atoms with Crippen LogP contribution in [0.5, 0.6) is 0 Å². The minimum Gasteiger partial charge on any atom is -0.359 e. The first kappa shape index (κ1) is 13.2. The van der Waals surface area contributed by atoms with Crippen molar-refractivity contribution in [3.05, 3.63) is 23.6 Å². The molecule has 0 aliphatic carbocycles. The zero-order chi connectivity index (χ0) is 13.1. The molecule has 1 saturated heterocycles. The topological polar surface area (TPSA) is 45.4 Å². The van der Waals surface area contributed by atoms with Crippen molar-refractivity contribution in [3.63, 3.8) is 0 Å². The van der Waals surface area contributed by atoms with Crippen LogP contribution >= 0.6 is 0 Å². The van der Waals surface area contributed by atoms with Crippen molar-refractivity contribution in [1.29, 1.82) is 0 Å². The fourth-order valence-corrected chi connectivity index (χ4v) is 2.62. The fraction of sp³-hybridized carbons (Fsp3) is 0.615. The first-order valence-corrected chi connectivity index (χ1v) is 6.34. The molecule has 0 spiro atoms. The molecule has 0 aromatic carbocycles. The van der Waals surface area contributed by atoms with Gasteiger partial charge in [0.1, 0.15) is 11.6 Å². The van der Waals surface area contributed by atoms with Gasteiger partial charge in [0.2, 0.25) is 0 Å². The van der Waals surface area contributed by atoms with Crippen LogP contribution in [0.2, 0.25) is 0 Å². The summed E-state index contributed by atoms with van der Waals surface area (Å²) < 4.78 is 13.1. The number of likely N-dealkylation sites (tertiary alicyclic amines) is 1. The lowest BCUT2D eigenvalue weighted by atomic mass is 10.1.